The maximum atomic E-state index is 13.0. The maximum Gasteiger partial charge on any atom is 0.398 e. The van der Waals surface area contributed by atoms with E-state index in [0.29, 0.717) is 42.8 Å². The molecule has 9 nitrogen and oxygen atoms in total. The number of aromatic nitrogens is 2. The molecular weight excluding hydrogens is 497 g/mol. The Kier molecular flexibility index (Phi) is 7.50. The Labute approximate surface area is 216 Å². The molecule has 1 saturated carbocycles. The molecule has 3 heterocycles. The highest BCUT2D eigenvalue weighted by atomic mass is 32.2. The van der Waals surface area contributed by atoms with Crippen LogP contribution in [0.3, 0.4) is 0 Å². The van der Waals surface area contributed by atoms with Gasteiger partial charge in [-0.3, -0.25) is 9.48 Å². The summed E-state index contributed by atoms with van der Waals surface area (Å²) < 4.78 is 34.7. The Morgan fingerprint density at radius 3 is 2.47 bits per heavy atom. The van der Waals surface area contributed by atoms with Crippen LogP contribution >= 0.6 is 11.3 Å². The van der Waals surface area contributed by atoms with E-state index < -0.39 is 10.0 Å². The second-order valence-electron chi connectivity index (χ2n) is 9.41. The topological polar surface area (TPSA) is 96.8 Å². The predicted octanol–water partition coefficient (Wildman–Crippen LogP) is 3.65. The Morgan fingerprint density at radius 1 is 1.11 bits per heavy atom. The molecule has 3 aromatic rings. The molecule has 12 heteroatoms. The molecule has 2 fully saturated rings. The van der Waals surface area contributed by atoms with Crippen LogP contribution in [0.2, 0.25) is 0 Å². The second-order valence-corrected chi connectivity index (χ2v) is 12.4. The molecule has 1 aliphatic carbocycles. The summed E-state index contributed by atoms with van der Waals surface area (Å²) in [6.45, 7) is 3.93. The number of nitrogens with zero attached hydrogens (tertiary/aromatic N) is 4. The van der Waals surface area contributed by atoms with E-state index in [-0.39, 0.29) is 10.8 Å². The number of anilines is 1. The summed E-state index contributed by atoms with van der Waals surface area (Å²) in [7, 11) is -0.400. The highest BCUT2D eigenvalue weighted by molar-refractivity contribution is 7.89. The first-order valence-corrected chi connectivity index (χ1v) is 14.6. The first kappa shape index (κ1) is 25.4. The molecular formula is C24H31BN5O4S2. The number of thiophene rings is 1. The summed E-state index contributed by atoms with van der Waals surface area (Å²) in [4.78, 5) is 16.9. The average Bonchev–Trinajstić information content (AvgIpc) is 3.46. The third-order valence-corrected chi connectivity index (χ3v) is 10.0. The molecule has 0 atom stereocenters. The van der Waals surface area contributed by atoms with Gasteiger partial charge < -0.3 is 14.8 Å². The van der Waals surface area contributed by atoms with Crippen molar-refractivity contribution in [2.75, 3.05) is 38.6 Å². The van der Waals surface area contributed by atoms with E-state index in [1.165, 1.54) is 34.9 Å². The fourth-order valence-corrected chi connectivity index (χ4v) is 7.56. The molecule has 0 bridgehead atoms. The average molecular weight is 528 g/mol. The molecule has 1 N–H and O–H groups in total. The molecule has 2 aromatic heterocycles. The predicted molar refractivity (Wildman–Crippen MR) is 142 cm³/mol. The van der Waals surface area contributed by atoms with Gasteiger partial charge in [0.05, 0.1) is 21.5 Å². The van der Waals surface area contributed by atoms with Crippen molar-refractivity contribution in [2.24, 2.45) is 0 Å². The van der Waals surface area contributed by atoms with Crippen molar-refractivity contribution in [3.63, 3.8) is 0 Å². The summed E-state index contributed by atoms with van der Waals surface area (Å²) in [6.07, 6.45) is 5.98. The Bertz CT molecular complexity index is 1320. The fourth-order valence-electron chi connectivity index (χ4n) is 5.01. The van der Waals surface area contributed by atoms with Crippen molar-refractivity contribution in [2.45, 2.75) is 50.0 Å². The summed E-state index contributed by atoms with van der Waals surface area (Å²) in [6, 6.07) is 8.70. The molecule has 0 spiro atoms. The molecule has 1 radical (unpaired) electrons. The van der Waals surface area contributed by atoms with Crippen LogP contribution in [-0.2, 0) is 14.7 Å². The Hall–Kier alpha value is -2.25. The number of hydrogen-bond acceptors (Lipinski definition) is 7. The Balaban J connectivity index is 1.27. The van der Waals surface area contributed by atoms with Gasteiger partial charge >= 0.3 is 7.62 Å². The second kappa shape index (κ2) is 10.6. The van der Waals surface area contributed by atoms with Crippen LogP contribution in [0.15, 0.2) is 35.2 Å². The van der Waals surface area contributed by atoms with Crippen LogP contribution in [0.4, 0.5) is 5.69 Å². The number of nitrogens with one attached hydrogen (secondary N) is 1. The van der Waals surface area contributed by atoms with Crippen LogP contribution in [-0.4, -0.2) is 74.1 Å². The molecule has 36 heavy (non-hydrogen) atoms. The number of piperazine rings is 1. The van der Waals surface area contributed by atoms with Crippen molar-refractivity contribution in [1.82, 2.24) is 18.9 Å². The number of amides is 1. The maximum absolute atomic E-state index is 13.0. The third kappa shape index (κ3) is 5.10. The van der Waals surface area contributed by atoms with Gasteiger partial charge in [0.25, 0.3) is 5.91 Å². The van der Waals surface area contributed by atoms with Gasteiger partial charge in [0.1, 0.15) is 4.83 Å². The highest BCUT2D eigenvalue weighted by Gasteiger charge is 2.29. The number of benzene rings is 1. The van der Waals surface area contributed by atoms with Crippen molar-refractivity contribution >= 4 is 50.8 Å². The largest absolute Gasteiger partial charge is 0.427 e. The zero-order valence-corrected chi connectivity index (χ0v) is 22.3. The molecule has 1 aliphatic heterocycles. The summed E-state index contributed by atoms with van der Waals surface area (Å²) in [5.74, 6) is -0.202. The zero-order valence-electron chi connectivity index (χ0n) is 20.6. The smallest absolute Gasteiger partial charge is 0.398 e. The third-order valence-electron chi connectivity index (χ3n) is 6.99. The number of rotatable bonds is 7. The van der Waals surface area contributed by atoms with Gasteiger partial charge in [-0.25, -0.2) is 8.42 Å². The van der Waals surface area contributed by atoms with Crippen molar-refractivity contribution in [3.05, 3.63) is 40.9 Å². The zero-order chi connectivity index (χ0) is 25.3. The number of hydrogen-bond donors (Lipinski definition) is 1. The van der Waals surface area contributed by atoms with E-state index in [1.807, 2.05) is 17.8 Å². The quantitative estimate of drug-likeness (QED) is 0.471. The minimum atomic E-state index is -3.60. The van der Waals surface area contributed by atoms with E-state index in [4.69, 9.17) is 9.75 Å². The number of sulfonamides is 1. The molecule has 0 unspecified atom stereocenters. The lowest BCUT2D eigenvalue weighted by atomic mass is 9.96. The monoisotopic (exact) mass is 528 g/mol. The van der Waals surface area contributed by atoms with Gasteiger partial charge in [0, 0.05) is 44.4 Å². The van der Waals surface area contributed by atoms with E-state index in [0.717, 1.165) is 28.8 Å². The normalized spacial score (nSPS) is 18.5. The van der Waals surface area contributed by atoms with Crippen molar-refractivity contribution in [1.29, 1.82) is 0 Å². The highest BCUT2D eigenvalue weighted by Crippen LogP contribution is 2.35. The first-order valence-electron chi connectivity index (χ1n) is 12.4. The van der Waals surface area contributed by atoms with Gasteiger partial charge in [-0.2, -0.15) is 9.40 Å². The summed E-state index contributed by atoms with van der Waals surface area (Å²) in [5, 5.41) is 8.71. The van der Waals surface area contributed by atoms with Crippen LogP contribution in [0.1, 0.15) is 53.5 Å². The minimum absolute atomic E-state index is 0.202. The van der Waals surface area contributed by atoms with Gasteiger partial charge in [-0.05, 0) is 50.1 Å². The number of carbonyl (C=O) groups is 1. The molecule has 2 aliphatic rings. The molecule has 5 rings (SSSR count). The van der Waals surface area contributed by atoms with E-state index in [9.17, 15) is 13.2 Å². The number of fused-ring (bicyclic) bond motifs is 1. The van der Waals surface area contributed by atoms with Gasteiger partial charge in [-0.1, -0.05) is 19.3 Å². The van der Waals surface area contributed by atoms with Crippen LogP contribution < -0.4 is 5.32 Å². The summed E-state index contributed by atoms with van der Waals surface area (Å²) in [5.41, 5.74) is 1.50. The number of carbonyl (C=O) groups excluding carboxylic acids is 1. The van der Waals surface area contributed by atoms with E-state index >= 15 is 0 Å². The molecule has 1 aromatic carbocycles. The standard InChI is InChI=1S/C24H31BN5O4S2/c1-17-21-16-22(35-24(21)30(27-17)19-6-4-3-5-7-19)23(31)26-18-8-10-20(11-9-18)36(32,33)29-14-12-28(13-15-29)25-34-2/h8-11,16,19H,3-7,12-15H2,1-2H3,(H,26,31). The molecule has 191 valence electrons. The fraction of sp³-hybridized carbons (Fsp3) is 0.500. The number of aryl methyl sites for hydroxylation is 1. The van der Waals surface area contributed by atoms with Gasteiger partial charge in [-0.15, -0.1) is 11.3 Å². The first-order chi connectivity index (χ1) is 17.4. The van der Waals surface area contributed by atoms with Gasteiger partial charge in [0.2, 0.25) is 10.0 Å². The molecule has 1 amide bonds. The molecule has 1 saturated heterocycles. The van der Waals surface area contributed by atoms with Gasteiger partial charge in [0.15, 0.2) is 0 Å². The van der Waals surface area contributed by atoms with Crippen molar-refractivity contribution < 1.29 is 17.9 Å². The lowest BCUT2D eigenvalue weighted by Gasteiger charge is -2.32. The van der Waals surface area contributed by atoms with Crippen LogP contribution in [0, 0.1) is 6.92 Å². The SMILES string of the molecule is CO[B]N1CCN(S(=O)(=O)c2ccc(NC(=O)c3cc4c(C)nn(C5CCCCC5)c4s3)cc2)CC1. The van der Waals surface area contributed by atoms with E-state index in [1.54, 1.807) is 39.0 Å². The lowest BCUT2D eigenvalue weighted by molar-refractivity contribution is 0.103. The minimum Gasteiger partial charge on any atom is -0.427 e. The Morgan fingerprint density at radius 2 is 1.81 bits per heavy atom. The lowest BCUT2D eigenvalue weighted by Crippen LogP contribution is -2.50. The van der Waals surface area contributed by atoms with Crippen LogP contribution in [0.5, 0.6) is 0 Å². The summed E-state index contributed by atoms with van der Waals surface area (Å²) >= 11 is 1.47. The van der Waals surface area contributed by atoms with Crippen LogP contribution in [0.25, 0.3) is 10.2 Å². The van der Waals surface area contributed by atoms with E-state index in [2.05, 4.69) is 10.00 Å². The van der Waals surface area contributed by atoms with Crippen molar-refractivity contribution in [3.8, 4) is 0 Å².